The van der Waals surface area contributed by atoms with E-state index in [9.17, 15) is 0 Å². The first-order valence-electron chi connectivity index (χ1n) is 7.62. The summed E-state index contributed by atoms with van der Waals surface area (Å²) >= 11 is 0. The maximum atomic E-state index is 2.58. The summed E-state index contributed by atoms with van der Waals surface area (Å²) in [5, 5.41) is 0. The molecule has 3 saturated carbocycles. The summed E-state index contributed by atoms with van der Waals surface area (Å²) in [6.45, 7) is 0. The van der Waals surface area contributed by atoms with E-state index in [1.807, 2.05) is 0 Å². The van der Waals surface area contributed by atoms with Crippen molar-refractivity contribution < 1.29 is 0 Å². The van der Waals surface area contributed by atoms with Crippen LogP contribution in [0, 0.1) is 35.5 Å². The molecule has 0 spiro atoms. The van der Waals surface area contributed by atoms with Crippen LogP contribution in [0.5, 0.6) is 0 Å². The highest BCUT2D eigenvalue weighted by molar-refractivity contribution is 5.16. The predicted molar refractivity (Wildman–Crippen MR) is 67.0 cm³/mol. The molecule has 5 atom stereocenters. The van der Waals surface area contributed by atoms with Gasteiger partial charge in [-0.3, -0.25) is 0 Å². The molecule has 0 heterocycles. The lowest BCUT2D eigenvalue weighted by Crippen LogP contribution is -2.26. The van der Waals surface area contributed by atoms with Crippen molar-refractivity contribution in [2.24, 2.45) is 35.5 Å². The van der Waals surface area contributed by atoms with Crippen molar-refractivity contribution in [2.45, 2.75) is 51.4 Å². The number of hydrogen-bond acceptors (Lipinski definition) is 0. The molecule has 0 amide bonds. The van der Waals surface area contributed by atoms with Crippen LogP contribution in [-0.2, 0) is 0 Å². The van der Waals surface area contributed by atoms with Crippen molar-refractivity contribution in [1.82, 2.24) is 0 Å². The van der Waals surface area contributed by atoms with E-state index in [2.05, 4.69) is 12.2 Å². The molecule has 0 aliphatic heterocycles. The lowest BCUT2D eigenvalue weighted by Gasteiger charge is -2.34. The summed E-state index contributed by atoms with van der Waals surface area (Å²) in [5.41, 5.74) is 0. The van der Waals surface area contributed by atoms with Crippen molar-refractivity contribution in [3.63, 3.8) is 0 Å². The molecule has 88 valence electrons. The number of hydrogen-bond donors (Lipinski definition) is 0. The molecule has 2 bridgehead atoms. The zero-order valence-electron chi connectivity index (χ0n) is 10.3. The molecule has 0 aromatic heterocycles. The van der Waals surface area contributed by atoms with Crippen molar-refractivity contribution in [1.29, 1.82) is 0 Å². The standard InChI is InChI=1S/C16H24/c1-2-4-11(5-3-1)14-8-9-15-12-6-7-13(10-12)16(14)15/h6-7,11-16H,1-5,8-10H2. The van der Waals surface area contributed by atoms with E-state index in [1.165, 1.54) is 25.7 Å². The van der Waals surface area contributed by atoms with Crippen LogP contribution in [-0.4, -0.2) is 0 Å². The second-order valence-electron chi connectivity index (χ2n) is 6.83. The molecule has 3 fully saturated rings. The average molecular weight is 216 g/mol. The Labute approximate surface area is 99.5 Å². The molecular formula is C16H24. The van der Waals surface area contributed by atoms with Crippen molar-refractivity contribution in [3.05, 3.63) is 12.2 Å². The van der Waals surface area contributed by atoms with Crippen LogP contribution in [0.2, 0.25) is 0 Å². The number of fused-ring (bicyclic) bond motifs is 5. The van der Waals surface area contributed by atoms with Gasteiger partial charge in [0, 0.05) is 0 Å². The van der Waals surface area contributed by atoms with Gasteiger partial charge in [-0.2, -0.15) is 0 Å². The molecule has 0 saturated heterocycles. The summed E-state index contributed by atoms with van der Waals surface area (Å²) < 4.78 is 0. The van der Waals surface area contributed by atoms with Crippen LogP contribution >= 0.6 is 0 Å². The topological polar surface area (TPSA) is 0 Å². The minimum absolute atomic E-state index is 1.00. The van der Waals surface area contributed by atoms with Gasteiger partial charge in [-0.15, -0.1) is 0 Å². The Bertz CT molecular complexity index is 297. The summed E-state index contributed by atoms with van der Waals surface area (Å²) in [6, 6.07) is 0. The highest BCUT2D eigenvalue weighted by Gasteiger charge is 2.52. The lowest BCUT2D eigenvalue weighted by molar-refractivity contribution is 0.170. The number of allylic oxidation sites excluding steroid dienone is 2. The first-order valence-corrected chi connectivity index (χ1v) is 7.62. The maximum absolute atomic E-state index is 2.58. The van der Waals surface area contributed by atoms with Gasteiger partial charge in [-0.25, -0.2) is 0 Å². The molecule has 4 rings (SSSR count). The lowest BCUT2D eigenvalue weighted by atomic mass is 9.71. The van der Waals surface area contributed by atoms with E-state index in [0.717, 1.165) is 35.5 Å². The van der Waals surface area contributed by atoms with Crippen molar-refractivity contribution in [3.8, 4) is 0 Å². The summed E-state index contributed by atoms with van der Waals surface area (Å²) in [5.74, 6) is 6.50. The fourth-order valence-electron chi connectivity index (χ4n) is 5.69. The van der Waals surface area contributed by atoms with Crippen molar-refractivity contribution >= 4 is 0 Å². The maximum Gasteiger partial charge on any atom is -0.0194 e. The van der Waals surface area contributed by atoms with E-state index in [0.29, 0.717) is 0 Å². The minimum atomic E-state index is 1.00. The summed E-state index contributed by atoms with van der Waals surface area (Å²) in [4.78, 5) is 0. The first kappa shape index (κ1) is 9.74. The molecule has 0 N–H and O–H groups in total. The van der Waals surface area contributed by atoms with E-state index in [1.54, 1.807) is 25.7 Å². The van der Waals surface area contributed by atoms with Gasteiger partial charge in [0.2, 0.25) is 0 Å². The molecular weight excluding hydrogens is 192 g/mol. The molecule has 16 heavy (non-hydrogen) atoms. The molecule has 0 heteroatoms. The second-order valence-corrected chi connectivity index (χ2v) is 6.83. The van der Waals surface area contributed by atoms with Crippen LogP contribution in [0.25, 0.3) is 0 Å². The third-order valence-electron chi connectivity index (χ3n) is 6.27. The van der Waals surface area contributed by atoms with Gasteiger partial charge >= 0.3 is 0 Å². The van der Waals surface area contributed by atoms with E-state index < -0.39 is 0 Å². The van der Waals surface area contributed by atoms with Crippen LogP contribution in [0.4, 0.5) is 0 Å². The zero-order valence-corrected chi connectivity index (χ0v) is 10.3. The molecule has 4 aliphatic carbocycles. The highest BCUT2D eigenvalue weighted by atomic mass is 14.6. The number of rotatable bonds is 1. The van der Waals surface area contributed by atoms with Gasteiger partial charge < -0.3 is 0 Å². The monoisotopic (exact) mass is 216 g/mol. The quantitative estimate of drug-likeness (QED) is 0.569. The van der Waals surface area contributed by atoms with Gasteiger partial charge in [0.15, 0.2) is 0 Å². The van der Waals surface area contributed by atoms with Gasteiger partial charge in [0.25, 0.3) is 0 Å². The Morgan fingerprint density at radius 1 is 0.688 bits per heavy atom. The zero-order chi connectivity index (χ0) is 10.5. The Hall–Kier alpha value is -0.260. The summed E-state index contributed by atoms with van der Waals surface area (Å²) in [7, 11) is 0. The van der Waals surface area contributed by atoms with E-state index in [-0.39, 0.29) is 0 Å². The van der Waals surface area contributed by atoms with Crippen LogP contribution in [0.15, 0.2) is 12.2 Å². The molecule has 0 radical (unpaired) electrons. The Morgan fingerprint density at radius 2 is 1.44 bits per heavy atom. The second kappa shape index (κ2) is 3.62. The predicted octanol–water partition coefficient (Wildman–Crippen LogP) is 4.42. The summed E-state index contributed by atoms with van der Waals surface area (Å²) in [6.07, 6.45) is 17.5. The third-order valence-corrected chi connectivity index (χ3v) is 6.27. The van der Waals surface area contributed by atoms with Gasteiger partial charge in [0.1, 0.15) is 0 Å². The minimum Gasteiger partial charge on any atom is -0.0848 e. The fraction of sp³-hybridized carbons (Fsp3) is 0.875. The Balaban J connectivity index is 1.55. The van der Waals surface area contributed by atoms with E-state index in [4.69, 9.17) is 0 Å². The van der Waals surface area contributed by atoms with Gasteiger partial charge in [-0.05, 0) is 54.8 Å². The van der Waals surface area contributed by atoms with Crippen molar-refractivity contribution in [2.75, 3.05) is 0 Å². The average Bonchev–Trinajstić information content (AvgIpc) is 3.03. The molecule has 5 unspecified atom stereocenters. The molecule has 0 aromatic rings. The smallest absolute Gasteiger partial charge is 0.0194 e. The Kier molecular flexibility index (Phi) is 2.20. The van der Waals surface area contributed by atoms with Gasteiger partial charge in [-0.1, -0.05) is 44.3 Å². The molecule has 0 nitrogen and oxygen atoms in total. The van der Waals surface area contributed by atoms with E-state index >= 15 is 0 Å². The Morgan fingerprint density at radius 3 is 2.31 bits per heavy atom. The third kappa shape index (κ3) is 1.28. The SMILES string of the molecule is C1=CC2CC1C1CCC(C3CCCCC3)C21. The highest BCUT2D eigenvalue weighted by Crippen LogP contribution is 2.60. The molecule has 4 aliphatic rings. The van der Waals surface area contributed by atoms with Crippen LogP contribution < -0.4 is 0 Å². The largest absolute Gasteiger partial charge is 0.0848 e. The van der Waals surface area contributed by atoms with Crippen LogP contribution in [0.3, 0.4) is 0 Å². The first-order chi connectivity index (χ1) is 7.93. The van der Waals surface area contributed by atoms with Gasteiger partial charge in [0.05, 0.1) is 0 Å². The normalized spacial score (nSPS) is 51.1. The molecule has 0 aromatic carbocycles. The fourth-order valence-corrected chi connectivity index (χ4v) is 5.69. The van der Waals surface area contributed by atoms with Crippen LogP contribution in [0.1, 0.15) is 51.4 Å².